The van der Waals surface area contributed by atoms with Crippen LogP contribution in [0.5, 0.6) is 5.88 Å². The molecule has 1 aliphatic heterocycles. The van der Waals surface area contributed by atoms with Gasteiger partial charge in [-0.05, 0) is 49.4 Å². The number of nitrogens with one attached hydrogen (secondary N) is 1. The number of aryl methyl sites for hydroxylation is 3. The SMILES string of the molecule is CCC(CNC(=O)COc1nn(C)c2nc(C)cc(C)c12)N1CCc2ccccc2C1. The van der Waals surface area contributed by atoms with Gasteiger partial charge in [-0.1, -0.05) is 31.2 Å². The van der Waals surface area contributed by atoms with Gasteiger partial charge in [0.15, 0.2) is 12.3 Å². The van der Waals surface area contributed by atoms with E-state index in [2.05, 4.69) is 51.5 Å². The largest absolute Gasteiger partial charge is 0.466 e. The Morgan fingerprint density at radius 2 is 2.03 bits per heavy atom. The molecule has 0 radical (unpaired) electrons. The number of rotatable bonds is 7. The highest BCUT2D eigenvalue weighted by atomic mass is 16.5. The summed E-state index contributed by atoms with van der Waals surface area (Å²) < 4.78 is 7.48. The van der Waals surface area contributed by atoms with Crippen molar-refractivity contribution in [1.29, 1.82) is 0 Å². The van der Waals surface area contributed by atoms with Gasteiger partial charge < -0.3 is 10.1 Å². The molecule has 7 heteroatoms. The first-order valence-corrected chi connectivity index (χ1v) is 11.0. The fourth-order valence-corrected chi connectivity index (χ4v) is 4.43. The van der Waals surface area contributed by atoms with E-state index >= 15 is 0 Å². The molecule has 0 fully saturated rings. The Hall–Kier alpha value is -2.93. The molecular formula is C24H31N5O2. The van der Waals surface area contributed by atoms with Crippen LogP contribution in [0.4, 0.5) is 0 Å². The fourth-order valence-electron chi connectivity index (χ4n) is 4.43. The Labute approximate surface area is 183 Å². The van der Waals surface area contributed by atoms with Gasteiger partial charge in [0.2, 0.25) is 5.88 Å². The van der Waals surface area contributed by atoms with E-state index in [-0.39, 0.29) is 12.5 Å². The van der Waals surface area contributed by atoms with E-state index in [4.69, 9.17) is 4.74 Å². The zero-order valence-corrected chi connectivity index (χ0v) is 18.8. The van der Waals surface area contributed by atoms with E-state index < -0.39 is 0 Å². The van der Waals surface area contributed by atoms with Gasteiger partial charge in [0.05, 0.1) is 5.39 Å². The molecule has 0 saturated heterocycles. The summed E-state index contributed by atoms with van der Waals surface area (Å²) in [5.74, 6) is 0.324. The minimum Gasteiger partial charge on any atom is -0.466 e. The van der Waals surface area contributed by atoms with E-state index in [0.717, 1.165) is 48.2 Å². The molecule has 0 bridgehead atoms. The van der Waals surface area contributed by atoms with Crippen LogP contribution in [0.2, 0.25) is 0 Å². The van der Waals surface area contributed by atoms with Crippen LogP contribution in [0.25, 0.3) is 11.0 Å². The first-order valence-electron chi connectivity index (χ1n) is 11.0. The van der Waals surface area contributed by atoms with Crippen molar-refractivity contribution in [2.45, 2.75) is 46.2 Å². The molecular weight excluding hydrogens is 390 g/mol. The van der Waals surface area contributed by atoms with Crippen LogP contribution < -0.4 is 10.1 Å². The second kappa shape index (κ2) is 9.06. The maximum absolute atomic E-state index is 12.5. The van der Waals surface area contributed by atoms with Gasteiger partial charge in [-0.25, -0.2) is 9.67 Å². The topological polar surface area (TPSA) is 72.3 Å². The zero-order chi connectivity index (χ0) is 22.0. The van der Waals surface area contributed by atoms with E-state index in [1.807, 2.05) is 27.0 Å². The second-order valence-corrected chi connectivity index (χ2v) is 8.35. The summed E-state index contributed by atoms with van der Waals surface area (Å²) in [7, 11) is 1.84. The number of hydrogen-bond donors (Lipinski definition) is 1. The molecule has 1 aromatic carbocycles. The molecule has 4 rings (SSSR count). The maximum Gasteiger partial charge on any atom is 0.258 e. The summed E-state index contributed by atoms with van der Waals surface area (Å²) >= 11 is 0. The minimum absolute atomic E-state index is 0.0568. The Morgan fingerprint density at radius 1 is 1.26 bits per heavy atom. The zero-order valence-electron chi connectivity index (χ0n) is 18.8. The quantitative estimate of drug-likeness (QED) is 0.635. The van der Waals surface area contributed by atoms with Crippen molar-refractivity contribution < 1.29 is 9.53 Å². The summed E-state index contributed by atoms with van der Waals surface area (Å²) in [4.78, 5) is 19.5. The lowest BCUT2D eigenvalue weighted by atomic mass is 9.98. The molecule has 7 nitrogen and oxygen atoms in total. The van der Waals surface area contributed by atoms with E-state index in [1.54, 1.807) is 4.68 Å². The summed E-state index contributed by atoms with van der Waals surface area (Å²) in [6.45, 7) is 8.65. The molecule has 0 aliphatic carbocycles. The lowest BCUT2D eigenvalue weighted by molar-refractivity contribution is -0.123. The second-order valence-electron chi connectivity index (χ2n) is 8.35. The molecule has 1 atom stereocenters. The third kappa shape index (κ3) is 4.56. The fraction of sp³-hybridized carbons (Fsp3) is 0.458. The third-order valence-electron chi connectivity index (χ3n) is 6.11. The van der Waals surface area contributed by atoms with Crippen molar-refractivity contribution >= 4 is 16.9 Å². The molecule has 1 aliphatic rings. The van der Waals surface area contributed by atoms with Gasteiger partial charge >= 0.3 is 0 Å². The lowest BCUT2D eigenvalue weighted by Gasteiger charge is -2.35. The molecule has 31 heavy (non-hydrogen) atoms. The first-order chi connectivity index (χ1) is 15.0. The number of nitrogens with zero attached hydrogens (tertiary/aromatic N) is 4. The van der Waals surface area contributed by atoms with Gasteiger partial charge in [0.25, 0.3) is 5.91 Å². The molecule has 2 aromatic heterocycles. The smallest absolute Gasteiger partial charge is 0.258 e. The van der Waals surface area contributed by atoms with Gasteiger partial charge in [-0.2, -0.15) is 0 Å². The molecule has 0 spiro atoms. The van der Waals surface area contributed by atoms with E-state index in [9.17, 15) is 4.79 Å². The number of carbonyl (C=O) groups is 1. The predicted molar refractivity (Wildman–Crippen MR) is 121 cm³/mol. The summed E-state index contributed by atoms with van der Waals surface area (Å²) in [5, 5.41) is 8.32. The van der Waals surface area contributed by atoms with Crippen LogP contribution in [0.1, 0.15) is 35.7 Å². The maximum atomic E-state index is 12.5. The number of benzene rings is 1. The highest BCUT2D eigenvalue weighted by Gasteiger charge is 2.23. The molecule has 0 saturated carbocycles. The highest BCUT2D eigenvalue weighted by Crippen LogP contribution is 2.27. The van der Waals surface area contributed by atoms with Crippen molar-refractivity contribution in [3.8, 4) is 5.88 Å². The molecule has 3 aromatic rings. The molecule has 1 unspecified atom stereocenters. The third-order valence-corrected chi connectivity index (χ3v) is 6.11. The number of hydrogen-bond acceptors (Lipinski definition) is 5. The summed E-state index contributed by atoms with van der Waals surface area (Å²) in [6, 6.07) is 10.9. The Bertz CT molecular complexity index is 1090. The number of fused-ring (bicyclic) bond motifs is 2. The first kappa shape index (κ1) is 21.3. The lowest BCUT2D eigenvalue weighted by Crippen LogP contribution is -2.46. The standard InChI is InChI=1S/C24H31N5O2/c1-5-20(29-11-10-18-8-6-7-9-19(18)14-29)13-25-21(30)15-31-24-22-16(2)12-17(3)26-23(22)28(4)27-24/h6-9,12,20H,5,10-11,13-15H2,1-4H3,(H,25,30). The Kier molecular flexibility index (Phi) is 6.23. The Morgan fingerprint density at radius 3 is 2.81 bits per heavy atom. The van der Waals surface area contributed by atoms with Crippen molar-refractivity contribution in [2.24, 2.45) is 7.05 Å². The average molecular weight is 422 g/mol. The van der Waals surface area contributed by atoms with Crippen LogP contribution in [0, 0.1) is 13.8 Å². The molecule has 164 valence electrons. The molecule has 1 amide bonds. The van der Waals surface area contributed by atoms with Gasteiger partial charge in [0, 0.05) is 38.4 Å². The molecule has 3 heterocycles. The summed E-state index contributed by atoms with van der Waals surface area (Å²) in [6.07, 6.45) is 2.04. The van der Waals surface area contributed by atoms with Gasteiger partial charge in [-0.15, -0.1) is 5.10 Å². The van der Waals surface area contributed by atoms with E-state index in [1.165, 1.54) is 11.1 Å². The predicted octanol–water partition coefficient (Wildman–Crippen LogP) is 2.92. The number of carbonyl (C=O) groups excluding carboxylic acids is 1. The van der Waals surface area contributed by atoms with Crippen LogP contribution in [0.15, 0.2) is 30.3 Å². The van der Waals surface area contributed by atoms with Crippen molar-refractivity contribution in [2.75, 3.05) is 19.7 Å². The average Bonchev–Trinajstić information content (AvgIpc) is 3.08. The number of ether oxygens (including phenoxy) is 1. The number of aromatic nitrogens is 3. The Balaban J connectivity index is 1.34. The normalized spacial score (nSPS) is 15.0. The van der Waals surface area contributed by atoms with Crippen molar-refractivity contribution in [1.82, 2.24) is 25.0 Å². The minimum atomic E-state index is -0.132. The number of amides is 1. The van der Waals surface area contributed by atoms with Crippen molar-refractivity contribution in [3.05, 3.63) is 52.7 Å². The van der Waals surface area contributed by atoms with Crippen LogP contribution in [-0.4, -0.2) is 51.3 Å². The van der Waals surface area contributed by atoms with Gasteiger partial charge in [0.1, 0.15) is 0 Å². The van der Waals surface area contributed by atoms with Crippen LogP contribution >= 0.6 is 0 Å². The molecule has 1 N–H and O–H groups in total. The van der Waals surface area contributed by atoms with Crippen LogP contribution in [-0.2, 0) is 24.8 Å². The van der Waals surface area contributed by atoms with E-state index in [0.29, 0.717) is 18.5 Å². The van der Waals surface area contributed by atoms with Crippen molar-refractivity contribution in [3.63, 3.8) is 0 Å². The summed E-state index contributed by atoms with van der Waals surface area (Å²) in [5.41, 5.74) is 5.58. The highest BCUT2D eigenvalue weighted by molar-refractivity contribution is 5.85. The monoisotopic (exact) mass is 421 g/mol. The number of pyridine rings is 1. The van der Waals surface area contributed by atoms with Gasteiger partial charge in [-0.3, -0.25) is 9.69 Å². The van der Waals surface area contributed by atoms with Crippen LogP contribution in [0.3, 0.4) is 0 Å².